The van der Waals surface area contributed by atoms with Gasteiger partial charge in [-0.15, -0.1) is 0 Å². The van der Waals surface area contributed by atoms with Gasteiger partial charge in [0.25, 0.3) is 5.91 Å². The normalized spacial score (nSPS) is 13.1. The van der Waals surface area contributed by atoms with Crippen molar-refractivity contribution in [3.05, 3.63) is 70.9 Å². The van der Waals surface area contributed by atoms with E-state index >= 15 is 0 Å². The summed E-state index contributed by atoms with van der Waals surface area (Å²) in [5.41, 5.74) is 4.54. The third-order valence-electron chi connectivity index (χ3n) is 5.15. The highest BCUT2D eigenvalue weighted by molar-refractivity contribution is 6.10. The number of carboxylic acid groups (broad SMARTS) is 1. The minimum Gasteiger partial charge on any atom is -0.480 e. The number of aromatic nitrogens is 1. The van der Waals surface area contributed by atoms with Gasteiger partial charge in [-0.1, -0.05) is 24.3 Å². The van der Waals surface area contributed by atoms with Gasteiger partial charge < -0.3 is 15.0 Å². The molecule has 6 heteroatoms. The maximum absolute atomic E-state index is 12.7. The molecule has 0 bridgehead atoms. The van der Waals surface area contributed by atoms with E-state index in [1.165, 1.54) is 17.2 Å². The molecule has 2 N–H and O–H groups in total. The predicted molar refractivity (Wildman–Crippen MR) is 110 cm³/mol. The van der Waals surface area contributed by atoms with Gasteiger partial charge in [0.05, 0.1) is 0 Å². The summed E-state index contributed by atoms with van der Waals surface area (Å²) in [6, 6.07) is 15.1. The van der Waals surface area contributed by atoms with Crippen LogP contribution in [0.15, 0.2) is 54.2 Å². The number of rotatable bonds is 5. The van der Waals surface area contributed by atoms with E-state index in [0.717, 1.165) is 30.2 Å². The van der Waals surface area contributed by atoms with Gasteiger partial charge in [-0.05, 0) is 54.7 Å². The van der Waals surface area contributed by atoms with Crippen molar-refractivity contribution in [2.24, 2.45) is 0 Å². The van der Waals surface area contributed by atoms with Crippen LogP contribution >= 0.6 is 0 Å². The lowest BCUT2D eigenvalue weighted by molar-refractivity contribution is -0.137. The highest BCUT2D eigenvalue weighted by Crippen LogP contribution is 2.26. The Kier molecular flexibility index (Phi) is 4.88. The number of hydrogen-bond acceptors (Lipinski definition) is 3. The van der Waals surface area contributed by atoms with Crippen LogP contribution < -0.4 is 5.32 Å². The van der Waals surface area contributed by atoms with Crippen molar-refractivity contribution in [1.82, 2.24) is 4.57 Å². The number of benzene rings is 2. The van der Waals surface area contributed by atoms with Gasteiger partial charge in [0.2, 0.25) is 0 Å². The van der Waals surface area contributed by atoms with E-state index in [2.05, 4.69) is 5.32 Å². The second kappa shape index (κ2) is 7.64. The second-order valence-electron chi connectivity index (χ2n) is 7.08. The van der Waals surface area contributed by atoms with Crippen LogP contribution in [0.2, 0.25) is 0 Å². The van der Waals surface area contributed by atoms with E-state index in [4.69, 9.17) is 5.11 Å². The quantitative estimate of drug-likeness (QED) is 0.516. The molecule has 1 aliphatic carbocycles. The molecule has 0 saturated carbocycles. The Morgan fingerprint density at radius 2 is 1.97 bits per heavy atom. The molecular formula is C23H19N3O3. The number of aliphatic carboxylic acids is 1. The molecule has 2 aromatic carbocycles. The summed E-state index contributed by atoms with van der Waals surface area (Å²) in [5, 5.41) is 22.2. The van der Waals surface area contributed by atoms with Crippen LogP contribution in [0.25, 0.3) is 17.0 Å². The molecule has 0 atom stereocenters. The van der Waals surface area contributed by atoms with Gasteiger partial charge in [0.15, 0.2) is 0 Å². The number of carbonyl (C=O) groups is 2. The molecule has 1 amide bonds. The maximum atomic E-state index is 12.7. The summed E-state index contributed by atoms with van der Waals surface area (Å²) < 4.78 is 1.59. The van der Waals surface area contributed by atoms with Crippen LogP contribution in [0.1, 0.15) is 23.1 Å². The van der Waals surface area contributed by atoms with E-state index in [9.17, 15) is 14.9 Å². The molecule has 1 heterocycles. The van der Waals surface area contributed by atoms with Crippen LogP contribution in [0.4, 0.5) is 5.69 Å². The Labute approximate surface area is 167 Å². The van der Waals surface area contributed by atoms with Crippen LogP contribution in [-0.4, -0.2) is 21.6 Å². The zero-order valence-electron chi connectivity index (χ0n) is 15.7. The second-order valence-corrected chi connectivity index (χ2v) is 7.08. The fraction of sp³-hybridized carbons (Fsp3) is 0.174. The molecule has 4 rings (SSSR count). The van der Waals surface area contributed by atoms with Gasteiger partial charge in [0.1, 0.15) is 18.2 Å². The summed E-state index contributed by atoms with van der Waals surface area (Å²) in [5.74, 6) is -1.45. The van der Waals surface area contributed by atoms with E-state index in [0.29, 0.717) is 11.3 Å². The molecule has 0 unspecified atom stereocenters. The summed E-state index contributed by atoms with van der Waals surface area (Å²) in [4.78, 5) is 23.8. The van der Waals surface area contributed by atoms with Crippen molar-refractivity contribution in [3.63, 3.8) is 0 Å². The van der Waals surface area contributed by atoms with Crippen molar-refractivity contribution in [2.45, 2.75) is 25.8 Å². The lowest BCUT2D eigenvalue weighted by atomic mass is 10.1. The molecule has 0 aliphatic heterocycles. The lowest BCUT2D eigenvalue weighted by Crippen LogP contribution is -2.13. The first-order valence-corrected chi connectivity index (χ1v) is 9.40. The Bertz CT molecular complexity index is 1200. The molecule has 0 saturated heterocycles. The fourth-order valence-electron chi connectivity index (χ4n) is 3.82. The van der Waals surface area contributed by atoms with Crippen LogP contribution in [0, 0.1) is 11.3 Å². The van der Waals surface area contributed by atoms with Crippen molar-refractivity contribution in [3.8, 4) is 6.07 Å². The van der Waals surface area contributed by atoms with Gasteiger partial charge >= 0.3 is 5.97 Å². The number of fused-ring (bicyclic) bond motifs is 2. The van der Waals surface area contributed by atoms with Gasteiger partial charge in [-0.2, -0.15) is 5.26 Å². The zero-order chi connectivity index (χ0) is 20.4. The minimum atomic E-state index is -0.962. The number of anilines is 1. The van der Waals surface area contributed by atoms with E-state index in [1.54, 1.807) is 10.8 Å². The highest BCUT2D eigenvalue weighted by Gasteiger charge is 2.15. The number of para-hydroxylation sites is 1. The molecule has 6 nitrogen and oxygen atoms in total. The van der Waals surface area contributed by atoms with E-state index in [-0.39, 0.29) is 12.1 Å². The molecule has 0 fully saturated rings. The SMILES string of the molecule is N#CC(=Cc1cn(CC(=O)O)c2ccccc12)C(=O)Nc1ccc2c(c1)CCC2. The summed E-state index contributed by atoms with van der Waals surface area (Å²) >= 11 is 0. The average Bonchev–Trinajstić information content (AvgIpc) is 3.30. The Hall–Kier alpha value is -3.85. The first-order valence-electron chi connectivity index (χ1n) is 9.40. The summed E-state index contributed by atoms with van der Waals surface area (Å²) in [6.07, 6.45) is 6.34. The molecule has 0 radical (unpaired) electrons. The Morgan fingerprint density at radius 3 is 2.76 bits per heavy atom. The Balaban J connectivity index is 1.64. The topological polar surface area (TPSA) is 95.1 Å². The lowest BCUT2D eigenvalue weighted by Gasteiger charge is -2.07. The number of carboxylic acids is 1. The number of nitrogens with zero attached hydrogens (tertiary/aromatic N) is 2. The number of hydrogen-bond donors (Lipinski definition) is 2. The summed E-state index contributed by atoms with van der Waals surface area (Å²) in [7, 11) is 0. The average molecular weight is 385 g/mol. The largest absolute Gasteiger partial charge is 0.480 e. The molecule has 144 valence electrons. The molecule has 1 aliphatic rings. The zero-order valence-corrected chi connectivity index (χ0v) is 15.7. The van der Waals surface area contributed by atoms with Crippen molar-refractivity contribution in [1.29, 1.82) is 5.26 Å². The van der Waals surface area contributed by atoms with Gasteiger partial charge in [-0.3, -0.25) is 9.59 Å². The molecule has 1 aromatic heterocycles. The number of aryl methyl sites for hydroxylation is 2. The number of amides is 1. The molecule has 29 heavy (non-hydrogen) atoms. The monoisotopic (exact) mass is 385 g/mol. The molecule has 3 aromatic rings. The van der Waals surface area contributed by atoms with Crippen LogP contribution in [0.5, 0.6) is 0 Å². The van der Waals surface area contributed by atoms with Crippen molar-refractivity contribution in [2.75, 3.05) is 5.32 Å². The number of nitriles is 1. The third kappa shape index (κ3) is 3.76. The standard InChI is InChI=1S/C23H19N3O3/c24-12-17(23(29)25-19-9-8-15-4-3-5-16(15)11-19)10-18-13-26(14-22(27)28)21-7-2-1-6-20(18)21/h1-2,6-11,13H,3-5,14H2,(H,25,29)(H,27,28). The number of nitrogens with one attached hydrogen (secondary N) is 1. The maximum Gasteiger partial charge on any atom is 0.323 e. The van der Waals surface area contributed by atoms with Crippen LogP contribution in [0.3, 0.4) is 0 Å². The minimum absolute atomic E-state index is 0.0382. The fourth-order valence-corrected chi connectivity index (χ4v) is 3.82. The highest BCUT2D eigenvalue weighted by atomic mass is 16.4. The van der Waals surface area contributed by atoms with Crippen LogP contribution in [-0.2, 0) is 29.0 Å². The predicted octanol–water partition coefficient (Wildman–Crippen LogP) is 3.76. The van der Waals surface area contributed by atoms with Crippen molar-refractivity contribution < 1.29 is 14.7 Å². The van der Waals surface area contributed by atoms with Crippen molar-refractivity contribution >= 4 is 34.5 Å². The van der Waals surface area contributed by atoms with Gasteiger partial charge in [-0.25, -0.2) is 0 Å². The number of carbonyl (C=O) groups excluding carboxylic acids is 1. The Morgan fingerprint density at radius 1 is 1.17 bits per heavy atom. The molecule has 0 spiro atoms. The van der Waals surface area contributed by atoms with Gasteiger partial charge in [0, 0.05) is 28.4 Å². The van der Waals surface area contributed by atoms with E-state index < -0.39 is 11.9 Å². The van der Waals surface area contributed by atoms with E-state index in [1.807, 2.05) is 48.5 Å². The molecular weight excluding hydrogens is 366 g/mol. The first-order chi connectivity index (χ1) is 14.0. The first kappa shape index (κ1) is 18.5. The smallest absolute Gasteiger partial charge is 0.323 e. The third-order valence-corrected chi connectivity index (χ3v) is 5.15. The summed E-state index contributed by atoms with van der Waals surface area (Å²) in [6.45, 7) is -0.197.